The van der Waals surface area contributed by atoms with Crippen LogP contribution in [0.2, 0.25) is 0 Å². The molecular weight excluding hydrogens is 182 g/mol. The van der Waals surface area contributed by atoms with Crippen LogP contribution < -0.4 is 5.73 Å². The van der Waals surface area contributed by atoms with Crippen molar-refractivity contribution in [3.8, 4) is 0 Å². The summed E-state index contributed by atoms with van der Waals surface area (Å²) in [6, 6.07) is 0. The molecule has 0 aromatic rings. The van der Waals surface area contributed by atoms with Gasteiger partial charge >= 0.3 is 5.97 Å². The molecule has 2 N–H and O–H groups in total. The Morgan fingerprint density at radius 3 is 2.75 bits per heavy atom. The highest BCUT2D eigenvalue weighted by Gasteiger charge is 2.30. The molecule has 1 saturated heterocycles. The third-order valence-corrected chi connectivity index (χ3v) is 1.83. The van der Waals surface area contributed by atoms with Gasteiger partial charge in [0.1, 0.15) is 0 Å². The highest BCUT2D eigenvalue weighted by atomic mass is 35.5. The van der Waals surface area contributed by atoms with E-state index in [4.69, 9.17) is 10.5 Å². The van der Waals surface area contributed by atoms with Crippen molar-refractivity contribution in [1.82, 2.24) is 0 Å². The fourth-order valence-corrected chi connectivity index (χ4v) is 1.18. The number of hydrogen-bond donors (Lipinski definition) is 1. The standard InChI is InChI=1S/C7H13NO3.ClH/c1-10-7(9)6-3-2-5(4-8)11-6;/h5-6H,2-4,8H2,1H3;1H/t5-,6+;/m1./s1. The summed E-state index contributed by atoms with van der Waals surface area (Å²) >= 11 is 0. The molecule has 1 rings (SSSR count). The summed E-state index contributed by atoms with van der Waals surface area (Å²) < 4.78 is 9.79. The van der Waals surface area contributed by atoms with Gasteiger partial charge in [0.2, 0.25) is 0 Å². The lowest BCUT2D eigenvalue weighted by Crippen LogP contribution is -2.25. The van der Waals surface area contributed by atoms with Crippen LogP contribution in [0.15, 0.2) is 0 Å². The Kier molecular flexibility index (Phi) is 5.20. The maximum Gasteiger partial charge on any atom is 0.334 e. The van der Waals surface area contributed by atoms with E-state index in [2.05, 4.69) is 4.74 Å². The summed E-state index contributed by atoms with van der Waals surface area (Å²) in [5.41, 5.74) is 5.36. The molecule has 0 saturated carbocycles. The van der Waals surface area contributed by atoms with E-state index < -0.39 is 0 Å². The summed E-state index contributed by atoms with van der Waals surface area (Å²) in [6.45, 7) is 0.480. The lowest BCUT2D eigenvalue weighted by Gasteiger charge is -2.09. The number of carbonyl (C=O) groups excluding carboxylic acids is 1. The van der Waals surface area contributed by atoms with E-state index >= 15 is 0 Å². The van der Waals surface area contributed by atoms with Crippen LogP contribution in [0.5, 0.6) is 0 Å². The Labute approximate surface area is 77.8 Å². The number of methoxy groups -OCH3 is 1. The van der Waals surface area contributed by atoms with Crippen LogP contribution in [0.3, 0.4) is 0 Å². The predicted octanol–water partition coefficient (Wildman–Crippen LogP) is 0.0875. The van der Waals surface area contributed by atoms with Crippen LogP contribution in [-0.2, 0) is 14.3 Å². The number of carbonyl (C=O) groups is 1. The number of rotatable bonds is 2. The minimum atomic E-state index is -0.381. The third-order valence-electron chi connectivity index (χ3n) is 1.83. The van der Waals surface area contributed by atoms with Gasteiger partial charge < -0.3 is 15.2 Å². The molecule has 5 heteroatoms. The van der Waals surface area contributed by atoms with Crippen molar-refractivity contribution in [3.05, 3.63) is 0 Å². The first kappa shape index (κ1) is 11.7. The highest BCUT2D eigenvalue weighted by molar-refractivity contribution is 5.85. The summed E-state index contributed by atoms with van der Waals surface area (Å²) in [5, 5.41) is 0. The van der Waals surface area contributed by atoms with Gasteiger partial charge in [0.05, 0.1) is 13.2 Å². The van der Waals surface area contributed by atoms with Crippen molar-refractivity contribution in [2.24, 2.45) is 5.73 Å². The van der Waals surface area contributed by atoms with Gasteiger partial charge in [-0.2, -0.15) is 0 Å². The van der Waals surface area contributed by atoms with Gasteiger partial charge in [-0.25, -0.2) is 4.79 Å². The van der Waals surface area contributed by atoms with Crippen molar-refractivity contribution in [2.45, 2.75) is 25.0 Å². The molecule has 1 aliphatic rings. The summed E-state index contributed by atoms with van der Waals surface area (Å²) in [4.78, 5) is 10.9. The van der Waals surface area contributed by atoms with E-state index in [1.807, 2.05) is 0 Å². The topological polar surface area (TPSA) is 61.5 Å². The minimum absolute atomic E-state index is 0. The Hall–Kier alpha value is -0.320. The zero-order valence-corrected chi connectivity index (χ0v) is 7.80. The predicted molar refractivity (Wildman–Crippen MR) is 46.2 cm³/mol. The Balaban J connectivity index is 0.00000121. The number of esters is 1. The smallest absolute Gasteiger partial charge is 0.334 e. The number of ether oxygens (including phenoxy) is 2. The van der Waals surface area contributed by atoms with Gasteiger partial charge in [0.25, 0.3) is 0 Å². The molecule has 1 aliphatic heterocycles. The summed E-state index contributed by atoms with van der Waals surface area (Å²) in [5.74, 6) is -0.291. The van der Waals surface area contributed by atoms with Crippen molar-refractivity contribution >= 4 is 18.4 Å². The van der Waals surface area contributed by atoms with Gasteiger partial charge in [-0.3, -0.25) is 0 Å². The molecular formula is C7H14ClNO3. The van der Waals surface area contributed by atoms with Gasteiger partial charge in [0.15, 0.2) is 6.10 Å². The maximum absolute atomic E-state index is 10.9. The van der Waals surface area contributed by atoms with Crippen molar-refractivity contribution < 1.29 is 14.3 Å². The highest BCUT2D eigenvalue weighted by Crippen LogP contribution is 2.19. The molecule has 12 heavy (non-hydrogen) atoms. The molecule has 0 aliphatic carbocycles. The van der Waals surface area contributed by atoms with Gasteiger partial charge in [0, 0.05) is 6.54 Å². The number of halogens is 1. The number of nitrogens with two attached hydrogens (primary N) is 1. The fourth-order valence-electron chi connectivity index (χ4n) is 1.18. The maximum atomic E-state index is 10.9. The molecule has 0 aromatic carbocycles. The fraction of sp³-hybridized carbons (Fsp3) is 0.857. The van der Waals surface area contributed by atoms with Crippen LogP contribution in [0, 0.1) is 0 Å². The van der Waals surface area contributed by atoms with Gasteiger partial charge in [-0.05, 0) is 12.8 Å². The molecule has 4 nitrogen and oxygen atoms in total. The van der Waals surface area contributed by atoms with Gasteiger partial charge in [-0.15, -0.1) is 12.4 Å². The van der Waals surface area contributed by atoms with Crippen LogP contribution in [-0.4, -0.2) is 31.8 Å². The van der Waals surface area contributed by atoms with Gasteiger partial charge in [-0.1, -0.05) is 0 Å². The Morgan fingerprint density at radius 1 is 1.67 bits per heavy atom. The second-order valence-electron chi connectivity index (χ2n) is 2.58. The lowest BCUT2D eigenvalue weighted by molar-refractivity contribution is -0.152. The quantitative estimate of drug-likeness (QED) is 0.635. The largest absolute Gasteiger partial charge is 0.467 e. The van der Waals surface area contributed by atoms with Crippen LogP contribution in [0.1, 0.15) is 12.8 Å². The van der Waals surface area contributed by atoms with E-state index in [1.54, 1.807) is 0 Å². The SMILES string of the molecule is COC(=O)[C@@H]1CC[C@H](CN)O1.Cl. The van der Waals surface area contributed by atoms with E-state index in [1.165, 1.54) is 7.11 Å². The van der Waals surface area contributed by atoms with Crippen LogP contribution in [0.25, 0.3) is 0 Å². The first-order chi connectivity index (χ1) is 5.27. The molecule has 1 fully saturated rings. The Morgan fingerprint density at radius 2 is 2.33 bits per heavy atom. The first-order valence-corrected chi connectivity index (χ1v) is 3.71. The number of hydrogen-bond acceptors (Lipinski definition) is 4. The average Bonchev–Trinajstić information content (AvgIpc) is 2.50. The molecule has 0 unspecified atom stereocenters. The van der Waals surface area contributed by atoms with Crippen molar-refractivity contribution in [2.75, 3.05) is 13.7 Å². The monoisotopic (exact) mass is 195 g/mol. The molecule has 1 heterocycles. The molecule has 0 spiro atoms. The summed E-state index contributed by atoms with van der Waals surface area (Å²) in [6.07, 6.45) is 1.25. The average molecular weight is 196 g/mol. The lowest BCUT2D eigenvalue weighted by atomic mass is 10.2. The van der Waals surface area contributed by atoms with E-state index in [9.17, 15) is 4.79 Å². The molecule has 0 bridgehead atoms. The molecule has 2 atom stereocenters. The molecule has 0 aromatic heterocycles. The van der Waals surface area contributed by atoms with E-state index in [0.717, 1.165) is 12.8 Å². The summed E-state index contributed by atoms with van der Waals surface area (Å²) in [7, 11) is 1.36. The molecule has 0 radical (unpaired) electrons. The Bertz CT molecular complexity index is 154. The van der Waals surface area contributed by atoms with Crippen LogP contribution >= 0.6 is 12.4 Å². The second kappa shape index (κ2) is 5.35. The van der Waals surface area contributed by atoms with Crippen molar-refractivity contribution in [3.63, 3.8) is 0 Å². The molecule has 72 valence electrons. The molecule has 0 amide bonds. The van der Waals surface area contributed by atoms with E-state index in [0.29, 0.717) is 6.54 Å². The second-order valence-corrected chi connectivity index (χ2v) is 2.58. The minimum Gasteiger partial charge on any atom is -0.467 e. The van der Waals surface area contributed by atoms with Crippen LogP contribution in [0.4, 0.5) is 0 Å². The zero-order chi connectivity index (χ0) is 8.27. The zero-order valence-electron chi connectivity index (χ0n) is 6.99. The first-order valence-electron chi connectivity index (χ1n) is 3.71. The van der Waals surface area contributed by atoms with E-state index in [-0.39, 0.29) is 30.6 Å². The van der Waals surface area contributed by atoms with Crippen molar-refractivity contribution in [1.29, 1.82) is 0 Å². The third kappa shape index (κ3) is 2.62. The normalized spacial score (nSPS) is 27.8.